The van der Waals surface area contributed by atoms with Gasteiger partial charge in [-0.3, -0.25) is 0 Å². The zero-order valence-corrected chi connectivity index (χ0v) is 9.37. The van der Waals surface area contributed by atoms with Crippen molar-refractivity contribution in [3.63, 3.8) is 0 Å². The van der Waals surface area contributed by atoms with Gasteiger partial charge in [0.05, 0.1) is 12.6 Å². The van der Waals surface area contributed by atoms with Crippen LogP contribution in [0, 0.1) is 0 Å². The molecule has 0 aromatic heterocycles. The fraction of sp³-hybridized carbons (Fsp3) is 0.900. The molecule has 1 heterocycles. The molecule has 0 aromatic carbocycles. The van der Waals surface area contributed by atoms with Crippen LogP contribution in [0.25, 0.3) is 0 Å². The van der Waals surface area contributed by atoms with Gasteiger partial charge < -0.3 is 14.4 Å². The van der Waals surface area contributed by atoms with Gasteiger partial charge in [-0.15, -0.1) is 0 Å². The maximum Gasteiger partial charge on any atom is 0.410 e. The second-order valence-electron chi connectivity index (χ2n) is 4.57. The second kappa shape index (κ2) is 4.17. The van der Waals surface area contributed by atoms with Gasteiger partial charge in [0.25, 0.3) is 0 Å². The number of hydrogen-bond acceptors (Lipinski definition) is 3. The van der Waals surface area contributed by atoms with E-state index in [2.05, 4.69) is 0 Å². The van der Waals surface area contributed by atoms with E-state index in [1.165, 1.54) is 0 Å². The first-order valence-electron chi connectivity index (χ1n) is 4.93. The number of carbonyl (C=O) groups is 1. The van der Waals surface area contributed by atoms with Gasteiger partial charge in [0, 0.05) is 13.7 Å². The van der Waals surface area contributed by atoms with Crippen molar-refractivity contribution in [2.75, 3.05) is 20.2 Å². The van der Waals surface area contributed by atoms with Crippen LogP contribution in [0.3, 0.4) is 0 Å². The van der Waals surface area contributed by atoms with Crippen molar-refractivity contribution in [3.05, 3.63) is 0 Å². The van der Waals surface area contributed by atoms with Crippen molar-refractivity contribution < 1.29 is 14.3 Å². The molecule has 1 fully saturated rings. The summed E-state index contributed by atoms with van der Waals surface area (Å²) in [6.45, 7) is 6.98. The topological polar surface area (TPSA) is 38.8 Å². The summed E-state index contributed by atoms with van der Waals surface area (Å²) in [7, 11) is 1.67. The van der Waals surface area contributed by atoms with Crippen LogP contribution in [-0.4, -0.2) is 42.9 Å². The number of amides is 1. The maximum absolute atomic E-state index is 11.6. The summed E-state index contributed by atoms with van der Waals surface area (Å²) < 4.78 is 10.4. The summed E-state index contributed by atoms with van der Waals surface area (Å²) in [4.78, 5) is 13.3. The van der Waals surface area contributed by atoms with Crippen LogP contribution in [0.4, 0.5) is 4.79 Å². The van der Waals surface area contributed by atoms with E-state index in [0.29, 0.717) is 6.54 Å². The fourth-order valence-electron chi connectivity index (χ4n) is 1.41. The zero-order valence-electron chi connectivity index (χ0n) is 9.37. The molecule has 1 aliphatic heterocycles. The Morgan fingerprint density at radius 2 is 2.07 bits per heavy atom. The second-order valence-corrected chi connectivity index (χ2v) is 4.57. The Labute approximate surface area is 85.2 Å². The standard InChI is InChI=1S/C10H19NO3/c1-10(2,3)14-9(12)11-6-5-8(7-11)13-4/h8H,5-7H2,1-4H3. The largest absolute Gasteiger partial charge is 0.444 e. The molecule has 1 rings (SSSR count). The molecule has 0 N–H and O–H groups in total. The number of likely N-dealkylation sites (tertiary alicyclic amines) is 1. The minimum atomic E-state index is -0.414. The van der Waals surface area contributed by atoms with E-state index in [1.807, 2.05) is 20.8 Å². The third kappa shape index (κ3) is 3.18. The molecular formula is C10H19NO3. The lowest BCUT2D eigenvalue weighted by Crippen LogP contribution is -2.35. The smallest absolute Gasteiger partial charge is 0.410 e. The molecule has 1 aliphatic rings. The molecule has 1 amide bonds. The van der Waals surface area contributed by atoms with E-state index in [0.717, 1.165) is 13.0 Å². The number of hydrogen-bond donors (Lipinski definition) is 0. The molecular weight excluding hydrogens is 182 g/mol. The molecule has 0 aromatic rings. The molecule has 4 nitrogen and oxygen atoms in total. The van der Waals surface area contributed by atoms with Crippen LogP contribution < -0.4 is 0 Å². The molecule has 4 heteroatoms. The van der Waals surface area contributed by atoms with Crippen molar-refractivity contribution >= 4 is 6.09 Å². The molecule has 1 saturated heterocycles. The van der Waals surface area contributed by atoms with Crippen LogP contribution in [0.1, 0.15) is 27.2 Å². The van der Waals surface area contributed by atoms with Crippen LogP contribution in [-0.2, 0) is 9.47 Å². The Morgan fingerprint density at radius 3 is 2.50 bits per heavy atom. The van der Waals surface area contributed by atoms with Crippen molar-refractivity contribution in [1.82, 2.24) is 4.90 Å². The molecule has 0 aliphatic carbocycles. The highest BCUT2D eigenvalue weighted by atomic mass is 16.6. The van der Waals surface area contributed by atoms with E-state index in [4.69, 9.17) is 9.47 Å². The Kier molecular flexibility index (Phi) is 3.37. The normalized spacial score (nSPS) is 22.6. The molecule has 0 saturated carbocycles. The third-order valence-corrected chi connectivity index (χ3v) is 2.13. The summed E-state index contributed by atoms with van der Waals surface area (Å²) in [6.07, 6.45) is 0.829. The number of nitrogens with zero attached hydrogens (tertiary/aromatic N) is 1. The third-order valence-electron chi connectivity index (χ3n) is 2.13. The first-order chi connectivity index (χ1) is 6.42. The SMILES string of the molecule is COC1CCN(C(=O)OC(C)(C)C)C1. The average molecular weight is 201 g/mol. The number of carbonyl (C=O) groups excluding carboxylic acids is 1. The quantitative estimate of drug-likeness (QED) is 0.647. The highest BCUT2D eigenvalue weighted by molar-refractivity contribution is 5.68. The molecule has 14 heavy (non-hydrogen) atoms. The first kappa shape index (κ1) is 11.3. The van der Waals surface area contributed by atoms with Gasteiger partial charge in [-0.05, 0) is 27.2 Å². The zero-order chi connectivity index (χ0) is 10.8. The van der Waals surface area contributed by atoms with E-state index in [1.54, 1.807) is 12.0 Å². The van der Waals surface area contributed by atoms with Gasteiger partial charge in [-0.25, -0.2) is 4.79 Å². The number of ether oxygens (including phenoxy) is 2. The maximum atomic E-state index is 11.6. The van der Waals surface area contributed by atoms with Crippen LogP contribution in [0.2, 0.25) is 0 Å². The van der Waals surface area contributed by atoms with E-state index in [9.17, 15) is 4.79 Å². The predicted molar refractivity (Wildman–Crippen MR) is 53.2 cm³/mol. The average Bonchev–Trinajstić information content (AvgIpc) is 2.48. The van der Waals surface area contributed by atoms with Gasteiger partial charge in [0.2, 0.25) is 0 Å². The van der Waals surface area contributed by atoms with Gasteiger partial charge in [0.15, 0.2) is 0 Å². The van der Waals surface area contributed by atoms with Crippen LogP contribution in [0.15, 0.2) is 0 Å². The van der Waals surface area contributed by atoms with Gasteiger partial charge in [-0.2, -0.15) is 0 Å². The summed E-state index contributed by atoms with van der Waals surface area (Å²) >= 11 is 0. The summed E-state index contributed by atoms with van der Waals surface area (Å²) in [5, 5.41) is 0. The number of rotatable bonds is 1. The Balaban J connectivity index is 2.40. The van der Waals surface area contributed by atoms with Crippen LogP contribution >= 0.6 is 0 Å². The van der Waals surface area contributed by atoms with E-state index < -0.39 is 5.60 Å². The lowest BCUT2D eigenvalue weighted by molar-refractivity contribution is 0.0253. The molecule has 1 atom stereocenters. The Hall–Kier alpha value is -0.770. The highest BCUT2D eigenvalue weighted by Gasteiger charge is 2.29. The van der Waals surface area contributed by atoms with Crippen molar-refractivity contribution in [2.24, 2.45) is 0 Å². The minimum Gasteiger partial charge on any atom is -0.444 e. The molecule has 0 bridgehead atoms. The summed E-state index contributed by atoms with van der Waals surface area (Å²) in [5.74, 6) is 0. The minimum absolute atomic E-state index is 0.169. The van der Waals surface area contributed by atoms with Gasteiger partial charge in [0.1, 0.15) is 5.60 Å². The fourth-order valence-corrected chi connectivity index (χ4v) is 1.41. The molecule has 0 spiro atoms. The first-order valence-corrected chi connectivity index (χ1v) is 4.93. The van der Waals surface area contributed by atoms with E-state index in [-0.39, 0.29) is 12.2 Å². The summed E-state index contributed by atoms with van der Waals surface area (Å²) in [5.41, 5.74) is -0.414. The van der Waals surface area contributed by atoms with Gasteiger partial charge in [-0.1, -0.05) is 0 Å². The van der Waals surface area contributed by atoms with E-state index >= 15 is 0 Å². The lowest BCUT2D eigenvalue weighted by atomic mass is 10.2. The molecule has 1 unspecified atom stereocenters. The van der Waals surface area contributed by atoms with Crippen molar-refractivity contribution in [3.8, 4) is 0 Å². The monoisotopic (exact) mass is 201 g/mol. The van der Waals surface area contributed by atoms with Crippen molar-refractivity contribution in [1.29, 1.82) is 0 Å². The molecule has 82 valence electrons. The number of methoxy groups -OCH3 is 1. The Bertz CT molecular complexity index is 210. The molecule has 0 radical (unpaired) electrons. The lowest BCUT2D eigenvalue weighted by Gasteiger charge is -2.24. The van der Waals surface area contributed by atoms with Crippen molar-refractivity contribution in [2.45, 2.75) is 38.9 Å². The summed E-state index contributed by atoms with van der Waals surface area (Å²) in [6, 6.07) is 0. The van der Waals surface area contributed by atoms with Gasteiger partial charge >= 0.3 is 6.09 Å². The highest BCUT2D eigenvalue weighted by Crippen LogP contribution is 2.16. The predicted octanol–water partition coefficient (Wildman–Crippen LogP) is 1.64. The Morgan fingerprint density at radius 1 is 1.43 bits per heavy atom. The van der Waals surface area contributed by atoms with Crippen LogP contribution in [0.5, 0.6) is 0 Å².